The summed E-state index contributed by atoms with van der Waals surface area (Å²) in [5.41, 5.74) is 5.07. The van der Waals surface area contributed by atoms with Gasteiger partial charge in [-0.15, -0.1) is 0 Å². The van der Waals surface area contributed by atoms with Crippen LogP contribution >= 0.6 is 0 Å². The molecule has 60 valence electrons. The summed E-state index contributed by atoms with van der Waals surface area (Å²) < 4.78 is 0. The first-order valence-corrected chi connectivity index (χ1v) is 2.91. The van der Waals surface area contributed by atoms with E-state index in [1.807, 2.05) is 0 Å². The molecular weight excluding hydrogens is 158 g/mol. The number of anilines is 1. The molecule has 1 heterocycles. The molecule has 3 N–H and O–H groups in total. The van der Waals surface area contributed by atoms with Crippen molar-refractivity contribution in [3.8, 4) is 6.19 Å². The summed E-state index contributed by atoms with van der Waals surface area (Å²) in [4.78, 5) is 11.6. The molecule has 0 spiro atoms. The second kappa shape index (κ2) is 3.25. The van der Waals surface area contributed by atoms with Crippen LogP contribution in [0.1, 0.15) is 0 Å². The van der Waals surface area contributed by atoms with Crippen molar-refractivity contribution in [1.29, 1.82) is 10.7 Å². The van der Waals surface area contributed by atoms with Crippen LogP contribution in [0.2, 0.25) is 0 Å². The number of nitriles is 1. The summed E-state index contributed by atoms with van der Waals surface area (Å²) in [7, 11) is 0. The lowest BCUT2D eigenvalue weighted by Crippen LogP contribution is -2.33. The minimum absolute atomic E-state index is 0.0417. The van der Waals surface area contributed by atoms with Gasteiger partial charge in [0.2, 0.25) is 11.9 Å². The second-order valence-electron chi connectivity index (χ2n) is 1.76. The van der Waals surface area contributed by atoms with Crippen molar-refractivity contribution in [2.45, 2.75) is 0 Å². The molecule has 7 heteroatoms. The van der Waals surface area contributed by atoms with Crippen LogP contribution in [0, 0.1) is 16.9 Å². The van der Waals surface area contributed by atoms with E-state index in [0.29, 0.717) is 0 Å². The average molecular weight is 163 g/mol. The number of nitrogens with zero attached hydrogens (tertiary/aromatic N) is 5. The van der Waals surface area contributed by atoms with Crippen molar-refractivity contribution < 1.29 is 0 Å². The Morgan fingerprint density at radius 2 is 2.17 bits per heavy atom. The van der Waals surface area contributed by atoms with Gasteiger partial charge in [-0.3, -0.25) is 5.41 Å². The Labute approximate surface area is 68.0 Å². The number of guanidine groups is 1. The van der Waals surface area contributed by atoms with Gasteiger partial charge < -0.3 is 5.73 Å². The minimum Gasteiger partial charge on any atom is -0.369 e. The van der Waals surface area contributed by atoms with Crippen molar-refractivity contribution in [2.75, 3.05) is 4.90 Å². The summed E-state index contributed by atoms with van der Waals surface area (Å²) in [6.07, 6.45) is 4.08. The van der Waals surface area contributed by atoms with Gasteiger partial charge >= 0.3 is 0 Å². The summed E-state index contributed by atoms with van der Waals surface area (Å²) in [6, 6.07) is 0. The van der Waals surface area contributed by atoms with Crippen LogP contribution in [0.25, 0.3) is 0 Å². The lowest BCUT2D eigenvalue weighted by molar-refractivity contribution is 1.01. The molecule has 0 amide bonds. The van der Waals surface area contributed by atoms with Crippen molar-refractivity contribution in [1.82, 2.24) is 15.0 Å². The van der Waals surface area contributed by atoms with Crippen LogP contribution in [0.15, 0.2) is 12.7 Å². The number of rotatable bonds is 1. The van der Waals surface area contributed by atoms with Gasteiger partial charge in [-0.05, 0) is 0 Å². The Hall–Kier alpha value is -2.23. The Kier molecular flexibility index (Phi) is 2.13. The summed E-state index contributed by atoms with van der Waals surface area (Å²) in [5.74, 6) is -0.385. The fraction of sp³-hybridized carbons (Fsp3) is 0. The monoisotopic (exact) mass is 163 g/mol. The van der Waals surface area contributed by atoms with Gasteiger partial charge in [0.25, 0.3) is 0 Å². The SMILES string of the molecule is N#CN(C(=N)N)c1ncncn1. The molecule has 0 fully saturated rings. The summed E-state index contributed by atoms with van der Waals surface area (Å²) in [6.45, 7) is 0. The number of nitrogens with two attached hydrogens (primary N) is 1. The maximum Gasteiger partial charge on any atom is 0.249 e. The van der Waals surface area contributed by atoms with Crippen molar-refractivity contribution >= 4 is 11.9 Å². The number of aromatic nitrogens is 3. The highest BCUT2D eigenvalue weighted by molar-refractivity contribution is 5.93. The van der Waals surface area contributed by atoms with E-state index in [9.17, 15) is 0 Å². The molecule has 7 nitrogen and oxygen atoms in total. The Balaban J connectivity index is 2.98. The zero-order valence-corrected chi connectivity index (χ0v) is 5.97. The fourth-order valence-electron chi connectivity index (χ4n) is 0.555. The number of nitrogens with one attached hydrogen (secondary N) is 1. The Morgan fingerprint density at radius 1 is 1.58 bits per heavy atom. The number of hydrogen-bond acceptors (Lipinski definition) is 5. The van der Waals surface area contributed by atoms with Gasteiger partial charge in [-0.2, -0.15) is 20.1 Å². The third kappa shape index (κ3) is 1.43. The van der Waals surface area contributed by atoms with E-state index in [1.54, 1.807) is 6.19 Å². The van der Waals surface area contributed by atoms with Gasteiger partial charge in [-0.25, -0.2) is 4.98 Å². The van der Waals surface area contributed by atoms with Crippen LogP contribution in [-0.2, 0) is 0 Å². The third-order valence-corrected chi connectivity index (χ3v) is 1.02. The van der Waals surface area contributed by atoms with Crippen molar-refractivity contribution in [3.05, 3.63) is 12.7 Å². The van der Waals surface area contributed by atoms with Gasteiger partial charge in [0.1, 0.15) is 12.7 Å². The van der Waals surface area contributed by atoms with E-state index in [4.69, 9.17) is 16.4 Å². The van der Waals surface area contributed by atoms with E-state index >= 15 is 0 Å². The quantitative estimate of drug-likeness (QED) is 0.239. The fourth-order valence-corrected chi connectivity index (χ4v) is 0.555. The molecule has 0 saturated heterocycles. The van der Waals surface area contributed by atoms with E-state index < -0.39 is 5.96 Å². The van der Waals surface area contributed by atoms with Crippen LogP contribution in [0.3, 0.4) is 0 Å². The van der Waals surface area contributed by atoms with Crippen LogP contribution in [-0.4, -0.2) is 20.9 Å². The van der Waals surface area contributed by atoms with E-state index in [2.05, 4.69) is 15.0 Å². The zero-order valence-electron chi connectivity index (χ0n) is 5.97. The summed E-state index contributed by atoms with van der Waals surface area (Å²) in [5, 5.41) is 15.5. The van der Waals surface area contributed by atoms with Crippen LogP contribution < -0.4 is 10.6 Å². The number of hydrogen-bond donors (Lipinski definition) is 2. The summed E-state index contributed by atoms with van der Waals surface area (Å²) >= 11 is 0. The first kappa shape index (κ1) is 7.87. The topological polar surface area (TPSA) is 116 Å². The molecule has 0 radical (unpaired) electrons. The standard InChI is InChI=1S/C5H5N7/c6-1-12(4(7)8)5-10-2-9-3-11-5/h2-3H,(H3,7,8). The largest absolute Gasteiger partial charge is 0.369 e. The highest BCUT2D eigenvalue weighted by atomic mass is 15.3. The smallest absolute Gasteiger partial charge is 0.249 e. The lowest BCUT2D eigenvalue weighted by Gasteiger charge is -2.08. The van der Waals surface area contributed by atoms with Gasteiger partial charge in [0, 0.05) is 0 Å². The minimum atomic E-state index is -0.427. The van der Waals surface area contributed by atoms with Crippen molar-refractivity contribution in [2.24, 2.45) is 5.73 Å². The molecule has 0 bridgehead atoms. The predicted octanol–water partition coefficient (Wildman–Crippen LogP) is -0.947. The maximum absolute atomic E-state index is 8.50. The molecule has 0 aliphatic rings. The highest BCUT2D eigenvalue weighted by Crippen LogP contribution is 1.99. The van der Waals surface area contributed by atoms with Gasteiger partial charge in [0.05, 0.1) is 0 Å². The van der Waals surface area contributed by atoms with Gasteiger partial charge in [-0.1, -0.05) is 0 Å². The maximum atomic E-state index is 8.50. The average Bonchev–Trinajstić information content (AvgIpc) is 2.07. The normalized spacial score (nSPS) is 8.58. The molecule has 0 saturated carbocycles. The lowest BCUT2D eigenvalue weighted by atomic mass is 10.7. The Morgan fingerprint density at radius 3 is 2.58 bits per heavy atom. The molecule has 0 unspecified atom stereocenters. The first-order chi connectivity index (χ1) is 5.75. The van der Waals surface area contributed by atoms with Gasteiger partial charge in [0.15, 0.2) is 6.19 Å². The second-order valence-corrected chi connectivity index (χ2v) is 1.76. The Bertz CT molecular complexity index is 312. The molecule has 1 rings (SSSR count). The van der Waals surface area contributed by atoms with E-state index in [0.717, 1.165) is 4.90 Å². The molecule has 1 aromatic heterocycles. The molecular formula is C5H5N7. The zero-order chi connectivity index (χ0) is 8.97. The molecule has 0 aliphatic heterocycles. The molecule has 0 aromatic carbocycles. The third-order valence-electron chi connectivity index (χ3n) is 1.02. The molecule has 0 atom stereocenters. The predicted molar refractivity (Wildman–Crippen MR) is 39.8 cm³/mol. The molecule has 1 aromatic rings. The van der Waals surface area contributed by atoms with E-state index in [1.165, 1.54) is 12.7 Å². The van der Waals surface area contributed by atoms with Crippen molar-refractivity contribution in [3.63, 3.8) is 0 Å². The molecule has 0 aliphatic carbocycles. The molecule has 12 heavy (non-hydrogen) atoms. The van der Waals surface area contributed by atoms with Crippen LogP contribution in [0.5, 0.6) is 0 Å². The van der Waals surface area contributed by atoms with E-state index in [-0.39, 0.29) is 5.95 Å². The highest BCUT2D eigenvalue weighted by Gasteiger charge is 2.09. The first-order valence-electron chi connectivity index (χ1n) is 2.91. The van der Waals surface area contributed by atoms with Crippen LogP contribution in [0.4, 0.5) is 5.95 Å².